The van der Waals surface area contributed by atoms with Gasteiger partial charge in [-0.15, -0.1) is 10.2 Å². The van der Waals surface area contributed by atoms with Crippen molar-refractivity contribution < 1.29 is 4.79 Å². The van der Waals surface area contributed by atoms with E-state index >= 15 is 0 Å². The van der Waals surface area contributed by atoms with Crippen LogP contribution < -0.4 is 5.32 Å². The Kier molecular flexibility index (Phi) is 4.65. The Bertz CT molecular complexity index is 848. The summed E-state index contributed by atoms with van der Waals surface area (Å²) in [6, 6.07) is 7.37. The second-order valence-electron chi connectivity index (χ2n) is 6.42. The number of imidazole rings is 1. The summed E-state index contributed by atoms with van der Waals surface area (Å²) in [5.74, 6) is 0.0315. The van der Waals surface area contributed by atoms with Crippen LogP contribution in [0.4, 0.5) is 5.69 Å². The van der Waals surface area contributed by atoms with E-state index in [1.165, 1.54) is 0 Å². The molecule has 2 heterocycles. The van der Waals surface area contributed by atoms with E-state index in [-0.39, 0.29) is 17.9 Å². The maximum atomic E-state index is 12.7. The average molecular weight is 338 g/mol. The minimum absolute atomic E-state index is 0.0859. The summed E-state index contributed by atoms with van der Waals surface area (Å²) < 4.78 is 3.75. The number of aromatic nitrogens is 5. The SMILES string of the molecule is Cc1ncn(-c2ccc(NC(=O)C(C(C)C)n3cnnc3)cc2)c1C. The number of nitrogens with one attached hydrogen (secondary N) is 1. The number of aryl methyl sites for hydroxylation is 1. The van der Waals surface area contributed by atoms with E-state index in [1.54, 1.807) is 23.5 Å². The number of rotatable bonds is 5. The fourth-order valence-electron chi connectivity index (χ4n) is 2.82. The van der Waals surface area contributed by atoms with Gasteiger partial charge in [-0.1, -0.05) is 13.8 Å². The van der Waals surface area contributed by atoms with Gasteiger partial charge >= 0.3 is 0 Å². The highest BCUT2D eigenvalue weighted by atomic mass is 16.2. The molecule has 25 heavy (non-hydrogen) atoms. The van der Waals surface area contributed by atoms with E-state index < -0.39 is 0 Å². The number of benzene rings is 1. The van der Waals surface area contributed by atoms with Crippen LogP contribution >= 0.6 is 0 Å². The lowest BCUT2D eigenvalue weighted by molar-refractivity contribution is -0.120. The Morgan fingerprint density at radius 2 is 1.68 bits per heavy atom. The average Bonchev–Trinajstić information content (AvgIpc) is 3.20. The molecule has 0 saturated carbocycles. The summed E-state index contributed by atoms with van der Waals surface area (Å²) in [5.41, 5.74) is 3.87. The molecule has 7 heteroatoms. The quantitative estimate of drug-likeness (QED) is 0.776. The monoisotopic (exact) mass is 338 g/mol. The second-order valence-corrected chi connectivity index (χ2v) is 6.42. The Morgan fingerprint density at radius 1 is 1.04 bits per heavy atom. The van der Waals surface area contributed by atoms with E-state index in [2.05, 4.69) is 20.5 Å². The van der Waals surface area contributed by atoms with E-state index in [9.17, 15) is 4.79 Å². The first kappa shape index (κ1) is 16.9. The Morgan fingerprint density at radius 3 is 2.20 bits per heavy atom. The summed E-state index contributed by atoms with van der Waals surface area (Å²) in [6.45, 7) is 8.01. The van der Waals surface area contributed by atoms with Crippen LogP contribution in [0.3, 0.4) is 0 Å². The third kappa shape index (κ3) is 3.45. The zero-order valence-corrected chi connectivity index (χ0v) is 14.8. The van der Waals surface area contributed by atoms with Crippen LogP contribution in [0, 0.1) is 19.8 Å². The Balaban J connectivity index is 1.77. The zero-order valence-electron chi connectivity index (χ0n) is 14.8. The molecule has 0 saturated heterocycles. The van der Waals surface area contributed by atoms with Crippen molar-refractivity contribution in [3.63, 3.8) is 0 Å². The molecule has 0 aliphatic rings. The van der Waals surface area contributed by atoms with Crippen LogP contribution in [-0.4, -0.2) is 30.2 Å². The van der Waals surface area contributed by atoms with Gasteiger partial charge in [-0.05, 0) is 44.0 Å². The maximum absolute atomic E-state index is 12.7. The van der Waals surface area contributed by atoms with Crippen LogP contribution in [0.1, 0.15) is 31.3 Å². The third-order valence-electron chi connectivity index (χ3n) is 4.32. The van der Waals surface area contributed by atoms with Crippen LogP contribution in [0.15, 0.2) is 43.2 Å². The van der Waals surface area contributed by atoms with Crippen molar-refractivity contribution >= 4 is 11.6 Å². The van der Waals surface area contributed by atoms with Gasteiger partial charge in [-0.2, -0.15) is 0 Å². The maximum Gasteiger partial charge on any atom is 0.247 e. The summed E-state index contributed by atoms with van der Waals surface area (Å²) >= 11 is 0. The summed E-state index contributed by atoms with van der Waals surface area (Å²) in [4.78, 5) is 17.0. The van der Waals surface area contributed by atoms with Crippen LogP contribution in [-0.2, 0) is 4.79 Å². The summed E-state index contributed by atoms with van der Waals surface area (Å²) in [7, 11) is 0. The predicted molar refractivity (Wildman–Crippen MR) is 95.6 cm³/mol. The van der Waals surface area contributed by atoms with E-state index in [0.29, 0.717) is 0 Å². The molecule has 1 unspecified atom stereocenters. The van der Waals surface area contributed by atoms with E-state index in [1.807, 2.05) is 56.5 Å². The highest BCUT2D eigenvalue weighted by Crippen LogP contribution is 2.21. The Labute approximate surface area is 146 Å². The molecular formula is C18H22N6O. The molecule has 0 bridgehead atoms. The van der Waals surface area contributed by atoms with Crippen molar-refractivity contribution in [1.29, 1.82) is 0 Å². The number of hydrogen-bond acceptors (Lipinski definition) is 4. The fourth-order valence-corrected chi connectivity index (χ4v) is 2.82. The molecule has 3 aromatic rings. The second kappa shape index (κ2) is 6.88. The molecule has 0 radical (unpaired) electrons. The molecule has 1 aromatic carbocycles. The van der Waals surface area contributed by atoms with Crippen LogP contribution in [0.25, 0.3) is 5.69 Å². The topological polar surface area (TPSA) is 77.6 Å². The van der Waals surface area contributed by atoms with Gasteiger partial charge in [-0.25, -0.2) is 4.98 Å². The molecule has 0 spiro atoms. The first-order valence-electron chi connectivity index (χ1n) is 8.23. The van der Waals surface area contributed by atoms with Gasteiger partial charge in [0.15, 0.2) is 0 Å². The smallest absolute Gasteiger partial charge is 0.247 e. The first-order chi connectivity index (χ1) is 12.0. The van der Waals surface area contributed by atoms with Gasteiger partial charge in [0, 0.05) is 17.1 Å². The number of amides is 1. The molecule has 7 nitrogen and oxygen atoms in total. The predicted octanol–water partition coefficient (Wildman–Crippen LogP) is 2.92. The highest BCUT2D eigenvalue weighted by Gasteiger charge is 2.24. The first-order valence-corrected chi connectivity index (χ1v) is 8.23. The van der Waals surface area contributed by atoms with Crippen molar-refractivity contribution in [3.05, 3.63) is 54.6 Å². The lowest BCUT2D eigenvalue weighted by Crippen LogP contribution is -2.29. The molecular weight excluding hydrogens is 316 g/mol. The van der Waals surface area contributed by atoms with E-state index in [0.717, 1.165) is 22.8 Å². The van der Waals surface area contributed by atoms with Gasteiger partial charge in [0.2, 0.25) is 5.91 Å². The van der Waals surface area contributed by atoms with Crippen molar-refractivity contribution in [3.8, 4) is 5.69 Å². The standard InChI is InChI=1S/C18H22N6O/c1-12(2)17(23-10-20-21-11-23)18(25)22-15-5-7-16(8-6-15)24-9-19-13(3)14(24)4/h5-12,17H,1-4H3,(H,22,25). The highest BCUT2D eigenvalue weighted by molar-refractivity contribution is 5.93. The third-order valence-corrected chi connectivity index (χ3v) is 4.32. The summed E-state index contributed by atoms with van der Waals surface area (Å²) in [6.07, 6.45) is 4.94. The lowest BCUT2D eigenvalue weighted by Gasteiger charge is -2.21. The number of anilines is 1. The molecule has 1 amide bonds. The van der Waals surface area contributed by atoms with Gasteiger partial charge in [0.25, 0.3) is 0 Å². The van der Waals surface area contributed by atoms with Crippen molar-refractivity contribution in [1.82, 2.24) is 24.3 Å². The lowest BCUT2D eigenvalue weighted by atomic mass is 10.0. The molecule has 2 aromatic heterocycles. The molecule has 0 aliphatic carbocycles. The molecule has 0 aliphatic heterocycles. The van der Waals surface area contributed by atoms with Crippen LogP contribution in [0.5, 0.6) is 0 Å². The molecule has 3 rings (SSSR count). The molecule has 1 N–H and O–H groups in total. The van der Waals surface area contributed by atoms with E-state index in [4.69, 9.17) is 0 Å². The Hall–Kier alpha value is -2.96. The summed E-state index contributed by atoms with van der Waals surface area (Å²) in [5, 5.41) is 10.6. The number of nitrogens with zero attached hydrogens (tertiary/aromatic N) is 5. The van der Waals surface area contributed by atoms with Crippen molar-refractivity contribution in [2.24, 2.45) is 5.92 Å². The normalized spacial score (nSPS) is 12.4. The largest absolute Gasteiger partial charge is 0.324 e. The zero-order chi connectivity index (χ0) is 18.0. The molecule has 130 valence electrons. The van der Waals surface area contributed by atoms with Gasteiger partial charge in [0.05, 0.1) is 12.0 Å². The van der Waals surface area contributed by atoms with Crippen molar-refractivity contribution in [2.75, 3.05) is 5.32 Å². The van der Waals surface area contributed by atoms with Crippen LogP contribution in [0.2, 0.25) is 0 Å². The van der Waals surface area contributed by atoms with Gasteiger partial charge < -0.3 is 14.5 Å². The minimum Gasteiger partial charge on any atom is -0.324 e. The molecule has 1 atom stereocenters. The van der Waals surface area contributed by atoms with Gasteiger partial charge in [-0.3, -0.25) is 4.79 Å². The number of carbonyl (C=O) groups is 1. The fraction of sp³-hybridized carbons (Fsp3) is 0.333. The van der Waals surface area contributed by atoms with Gasteiger partial charge in [0.1, 0.15) is 18.7 Å². The van der Waals surface area contributed by atoms with Crippen molar-refractivity contribution in [2.45, 2.75) is 33.7 Å². The number of carbonyl (C=O) groups excluding carboxylic acids is 1. The molecule has 0 fully saturated rings. The number of hydrogen-bond donors (Lipinski definition) is 1. The minimum atomic E-state index is -0.354.